The third kappa shape index (κ3) is 3.53. The largest absolute Gasteiger partial charge is 0.492 e. The summed E-state index contributed by atoms with van der Waals surface area (Å²) in [6.45, 7) is 4.80. The van der Waals surface area contributed by atoms with Crippen LogP contribution in [0.25, 0.3) is 0 Å². The zero-order chi connectivity index (χ0) is 16.3. The van der Waals surface area contributed by atoms with Crippen molar-refractivity contribution in [1.29, 1.82) is 0 Å². The molecule has 0 amide bonds. The second-order valence-corrected chi connectivity index (χ2v) is 7.99. The maximum absolute atomic E-state index is 12.9. The number of rotatable bonds is 5. The van der Waals surface area contributed by atoms with Gasteiger partial charge in [0.15, 0.2) is 0 Å². The topological polar surface area (TPSA) is 46.6 Å². The average molecular weight is 366 g/mol. The van der Waals surface area contributed by atoms with Crippen molar-refractivity contribution in [3.8, 4) is 5.75 Å². The van der Waals surface area contributed by atoms with E-state index in [1.807, 2.05) is 13.8 Å². The van der Waals surface area contributed by atoms with Gasteiger partial charge < -0.3 is 4.74 Å². The van der Waals surface area contributed by atoms with Gasteiger partial charge in [0.1, 0.15) is 10.6 Å². The predicted molar refractivity (Wildman–Crippen MR) is 89.5 cm³/mol. The van der Waals surface area contributed by atoms with Crippen molar-refractivity contribution in [1.82, 2.24) is 4.31 Å². The minimum Gasteiger partial charge on any atom is -0.492 e. The van der Waals surface area contributed by atoms with Gasteiger partial charge in [0.25, 0.3) is 0 Å². The first-order valence-corrected chi connectivity index (χ1v) is 9.75. The van der Waals surface area contributed by atoms with Crippen LogP contribution in [0.4, 0.5) is 0 Å². The van der Waals surface area contributed by atoms with Gasteiger partial charge in [-0.15, -0.1) is 0 Å². The highest BCUT2D eigenvalue weighted by molar-refractivity contribution is 7.89. The van der Waals surface area contributed by atoms with E-state index in [2.05, 4.69) is 0 Å². The Balaban J connectivity index is 2.42. The van der Waals surface area contributed by atoms with Crippen LogP contribution in [0.2, 0.25) is 10.0 Å². The molecule has 1 saturated heterocycles. The van der Waals surface area contributed by atoms with E-state index in [0.29, 0.717) is 18.9 Å². The first-order valence-electron chi connectivity index (χ1n) is 7.55. The van der Waals surface area contributed by atoms with E-state index in [0.717, 1.165) is 25.7 Å². The van der Waals surface area contributed by atoms with Crippen LogP contribution in [0.15, 0.2) is 17.0 Å². The molecule has 1 aromatic carbocycles. The van der Waals surface area contributed by atoms with Gasteiger partial charge in [0.05, 0.1) is 16.7 Å². The number of benzene rings is 1. The second-order valence-electron chi connectivity index (χ2n) is 5.32. The highest BCUT2D eigenvalue weighted by Gasteiger charge is 2.34. The van der Waals surface area contributed by atoms with Gasteiger partial charge in [0.2, 0.25) is 10.0 Å². The van der Waals surface area contributed by atoms with Crippen molar-refractivity contribution >= 4 is 33.2 Å². The normalized spacial score (nSPS) is 20.1. The Morgan fingerprint density at radius 3 is 2.59 bits per heavy atom. The number of hydrogen-bond donors (Lipinski definition) is 0. The zero-order valence-corrected chi connectivity index (χ0v) is 15.1. The quantitative estimate of drug-likeness (QED) is 0.779. The monoisotopic (exact) mass is 365 g/mol. The lowest BCUT2D eigenvalue weighted by Crippen LogP contribution is -2.43. The molecular formula is C15H21Cl2NO3S. The number of nitrogens with zero attached hydrogens (tertiary/aromatic N) is 1. The molecule has 4 nitrogen and oxygen atoms in total. The minimum atomic E-state index is -3.65. The summed E-state index contributed by atoms with van der Waals surface area (Å²) in [7, 11) is -3.65. The molecule has 0 saturated carbocycles. The van der Waals surface area contributed by atoms with Crippen LogP contribution < -0.4 is 4.74 Å². The first-order chi connectivity index (χ1) is 10.4. The van der Waals surface area contributed by atoms with E-state index < -0.39 is 10.0 Å². The molecule has 0 bridgehead atoms. The van der Waals surface area contributed by atoms with Gasteiger partial charge in [-0.25, -0.2) is 8.42 Å². The summed E-state index contributed by atoms with van der Waals surface area (Å²) in [5.74, 6) is 0.402. The molecule has 0 N–H and O–H groups in total. The van der Waals surface area contributed by atoms with Crippen molar-refractivity contribution in [3.05, 3.63) is 22.2 Å². The van der Waals surface area contributed by atoms with Crippen LogP contribution in [0.3, 0.4) is 0 Å². The number of ether oxygens (including phenoxy) is 1. The van der Waals surface area contributed by atoms with Crippen LogP contribution >= 0.6 is 23.2 Å². The molecule has 0 radical (unpaired) electrons. The summed E-state index contributed by atoms with van der Waals surface area (Å²) in [5.41, 5.74) is 0. The van der Waals surface area contributed by atoms with Gasteiger partial charge in [-0.05, 0) is 32.3 Å². The third-order valence-corrected chi connectivity index (χ3v) is 6.63. The fourth-order valence-electron chi connectivity index (χ4n) is 2.80. The number of sulfonamides is 1. The lowest BCUT2D eigenvalue weighted by Gasteiger charge is -2.34. The van der Waals surface area contributed by atoms with Crippen LogP contribution in [-0.2, 0) is 10.0 Å². The summed E-state index contributed by atoms with van der Waals surface area (Å²) in [5, 5.41) is 0.406. The SMILES string of the molecule is CCOc1cc(Cl)c(S(=O)(=O)N2CCCCC2CC)cc1Cl. The summed E-state index contributed by atoms with van der Waals surface area (Å²) < 4.78 is 32.8. The maximum atomic E-state index is 12.9. The fraction of sp³-hybridized carbons (Fsp3) is 0.600. The number of piperidine rings is 1. The van der Waals surface area contributed by atoms with E-state index in [4.69, 9.17) is 27.9 Å². The fourth-order valence-corrected chi connectivity index (χ4v) is 5.37. The molecule has 0 spiro atoms. The predicted octanol–water partition coefficient (Wildman–Crippen LogP) is 4.35. The van der Waals surface area contributed by atoms with E-state index in [1.165, 1.54) is 12.1 Å². The van der Waals surface area contributed by atoms with E-state index >= 15 is 0 Å². The Morgan fingerprint density at radius 2 is 1.95 bits per heavy atom. The van der Waals surface area contributed by atoms with E-state index in [1.54, 1.807) is 4.31 Å². The van der Waals surface area contributed by atoms with Gasteiger partial charge >= 0.3 is 0 Å². The Kier molecular flexibility index (Phi) is 6.00. The van der Waals surface area contributed by atoms with Crippen molar-refractivity contribution in [2.24, 2.45) is 0 Å². The Bertz CT molecular complexity index is 634. The maximum Gasteiger partial charge on any atom is 0.244 e. The standard InChI is InChI=1S/C15H21Cl2NO3S/c1-3-11-7-5-6-8-18(11)22(19,20)15-10-12(16)14(21-4-2)9-13(15)17/h9-11H,3-8H2,1-2H3. The first kappa shape index (κ1) is 17.9. The average Bonchev–Trinajstić information content (AvgIpc) is 2.50. The highest BCUT2D eigenvalue weighted by Crippen LogP contribution is 2.36. The smallest absolute Gasteiger partial charge is 0.244 e. The molecule has 1 heterocycles. The summed E-state index contributed by atoms with van der Waals surface area (Å²) in [4.78, 5) is 0.0583. The molecule has 1 aliphatic rings. The highest BCUT2D eigenvalue weighted by atomic mass is 35.5. The van der Waals surface area contributed by atoms with Crippen LogP contribution in [0, 0.1) is 0 Å². The molecule has 22 heavy (non-hydrogen) atoms. The van der Waals surface area contributed by atoms with Gasteiger partial charge in [-0.2, -0.15) is 4.31 Å². The second kappa shape index (κ2) is 7.39. The van der Waals surface area contributed by atoms with E-state index in [9.17, 15) is 8.42 Å². The van der Waals surface area contributed by atoms with E-state index in [-0.39, 0.29) is 21.0 Å². The molecule has 1 aliphatic heterocycles. The van der Waals surface area contributed by atoms with Crippen LogP contribution in [0.1, 0.15) is 39.5 Å². The molecule has 1 atom stereocenters. The molecule has 0 aliphatic carbocycles. The summed E-state index contributed by atoms with van der Waals surface area (Å²) >= 11 is 12.3. The minimum absolute atomic E-state index is 0.0279. The Labute approximate surface area is 142 Å². The van der Waals surface area contributed by atoms with Crippen LogP contribution in [-0.4, -0.2) is 31.9 Å². The molecule has 124 valence electrons. The molecule has 1 unspecified atom stereocenters. The van der Waals surface area contributed by atoms with Crippen molar-refractivity contribution in [3.63, 3.8) is 0 Å². The third-order valence-electron chi connectivity index (χ3n) is 3.92. The van der Waals surface area contributed by atoms with Gasteiger partial charge in [-0.1, -0.05) is 36.5 Å². The zero-order valence-electron chi connectivity index (χ0n) is 12.8. The van der Waals surface area contributed by atoms with Gasteiger partial charge in [-0.3, -0.25) is 0 Å². The molecule has 0 aromatic heterocycles. The van der Waals surface area contributed by atoms with Crippen molar-refractivity contribution in [2.75, 3.05) is 13.2 Å². The summed E-state index contributed by atoms with van der Waals surface area (Å²) in [6, 6.07) is 2.90. The Morgan fingerprint density at radius 1 is 1.23 bits per heavy atom. The molecule has 2 rings (SSSR count). The van der Waals surface area contributed by atoms with Crippen molar-refractivity contribution < 1.29 is 13.2 Å². The summed E-state index contributed by atoms with van der Waals surface area (Å²) in [6.07, 6.45) is 3.61. The lowest BCUT2D eigenvalue weighted by atomic mass is 10.0. The molecule has 1 aromatic rings. The van der Waals surface area contributed by atoms with Gasteiger partial charge in [0, 0.05) is 18.7 Å². The number of halogens is 2. The number of hydrogen-bond acceptors (Lipinski definition) is 3. The Hall–Kier alpha value is -0.490. The molecule has 1 fully saturated rings. The molecule has 7 heteroatoms. The molecular weight excluding hydrogens is 345 g/mol. The lowest BCUT2D eigenvalue weighted by molar-refractivity contribution is 0.246. The van der Waals surface area contributed by atoms with Crippen molar-refractivity contribution in [2.45, 2.75) is 50.5 Å². The van der Waals surface area contributed by atoms with Crippen LogP contribution in [0.5, 0.6) is 5.75 Å².